The van der Waals surface area contributed by atoms with Crippen molar-refractivity contribution in [1.29, 1.82) is 5.26 Å². The first kappa shape index (κ1) is 14.9. The van der Waals surface area contributed by atoms with E-state index in [0.29, 0.717) is 26.3 Å². The molecule has 0 aromatic heterocycles. The highest BCUT2D eigenvalue weighted by atomic mass is 16.5. The quantitative estimate of drug-likeness (QED) is 0.665. The maximum atomic E-state index is 12.3. The highest BCUT2D eigenvalue weighted by molar-refractivity contribution is 5.97. The predicted octanol–water partition coefficient (Wildman–Crippen LogP) is 1.09. The van der Waals surface area contributed by atoms with Crippen LogP contribution in [0, 0.1) is 11.3 Å². The second-order valence-electron chi connectivity index (χ2n) is 4.69. The molecule has 1 aromatic carbocycles. The van der Waals surface area contributed by atoms with E-state index >= 15 is 0 Å². The lowest BCUT2D eigenvalue weighted by molar-refractivity contribution is -0.130. The number of anilines is 1. The lowest BCUT2D eigenvalue weighted by Gasteiger charge is -2.26. The van der Waals surface area contributed by atoms with Gasteiger partial charge in [0.2, 0.25) is 0 Å². The Morgan fingerprint density at radius 1 is 1.38 bits per heavy atom. The van der Waals surface area contributed by atoms with Crippen molar-refractivity contribution in [2.75, 3.05) is 38.3 Å². The number of nitriles is 1. The van der Waals surface area contributed by atoms with Gasteiger partial charge in [0.25, 0.3) is 5.91 Å². The largest absolute Gasteiger partial charge is 0.508 e. The first-order valence-corrected chi connectivity index (χ1v) is 6.62. The molecule has 0 saturated carbocycles. The Bertz CT molecular complexity index is 569. The van der Waals surface area contributed by atoms with Crippen molar-refractivity contribution in [3.05, 3.63) is 36.0 Å². The van der Waals surface area contributed by atoms with Gasteiger partial charge in [0.1, 0.15) is 17.4 Å². The molecule has 0 radical (unpaired) electrons. The van der Waals surface area contributed by atoms with E-state index in [1.165, 1.54) is 6.20 Å². The van der Waals surface area contributed by atoms with E-state index < -0.39 is 0 Å². The molecular formula is C15H17N3O3. The molecule has 2 rings (SSSR count). The smallest absolute Gasteiger partial charge is 0.266 e. The second kappa shape index (κ2) is 6.77. The molecule has 0 bridgehead atoms. The highest BCUT2D eigenvalue weighted by Gasteiger charge is 2.21. The Hall–Kier alpha value is -2.52. The van der Waals surface area contributed by atoms with Crippen molar-refractivity contribution in [2.24, 2.45) is 0 Å². The van der Waals surface area contributed by atoms with E-state index in [1.807, 2.05) is 6.07 Å². The van der Waals surface area contributed by atoms with Crippen LogP contribution < -0.4 is 4.90 Å². The number of hydrogen-bond acceptors (Lipinski definition) is 5. The molecular weight excluding hydrogens is 270 g/mol. The summed E-state index contributed by atoms with van der Waals surface area (Å²) >= 11 is 0. The van der Waals surface area contributed by atoms with Gasteiger partial charge in [-0.3, -0.25) is 4.79 Å². The molecule has 1 fully saturated rings. The van der Waals surface area contributed by atoms with Crippen LogP contribution in [0.15, 0.2) is 36.0 Å². The number of nitrogens with zero attached hydrogens (tertiary/aromatic N) is 3. The standard InChI is InChI=1S/C15H17N3O3/c1-17(13-2-4-14(19)5-3-13)11-12(10-16)15(20)18-6-8-21-9-7-18/h2-5,11,19H,6-9H2,1H3/b12-11-. The summed E-state index contributed by atoms with van der Waals surface area (Å²) in [5.41, 5.74) is 0.850. The van der Waals surface area contributed by atoms with Crippen molar-refractivity contribution < 1.29 is 14.6 Å². The van der Waals surface area contributed by atoms with Gasteiger partial charge in [-0.05, 0) is 24.3 Å². The second-order valence-corrected chi connectivity index (χ2v) is 4.69. The lowest BCUT2D eigenvalue weighted by Crippen LogP contribution is -2.41. The number of carbonyl (C=O) groups excluding carboxylic acids is 1. The van der Waals surface area contributed by atoms with Crippen LogP contribution in [0.1, 0.15) is 0 Å². The van der Waals surface area contributed by atoms with Crippen LogP contribution in [0.4, 0.5) is 5.69 Å². The predicted molar refractivity (Wildman–Crippen MR) is 77.6 cm³/mol. The summed E-state index contributed by atoms with van der Waals surface area (Å²) in [4.78, 5) is 15.6. The number of ether oxygens (including phenoxy) is 1. The molecule has 1 aromatic rings. The first-order chi connectivity index (χ1) is 10.1. The average molecular weight is 287 g/mol. The molecule has 1 heterocycles. The number of hydrogen-bond donors (Lipinski definition) is 1. The Morgan fingerprint density at radius 3 is 2.57 bits per heavy atom. The number of amides is 1. The minimum Gasteiger partial charge on any atom is -0.508 e. The molecule has 0 unspecified atom stereocenters. The summed E-state index contributed by atoms with van der Waals surface area (Å²) in [6.07, 6.45) is 1.50. The molecule has 0 atom stereocenters. The van der Waals surface area contributed by atoms with Crippen molar-refractivity contribution in [2.45, 2.75) is 0 Å². The van der Waals surface area contributed by atoms with Gasteiger partial charge < -0.3 is 19.6 Å². The van der Waals surface area contributed by atoms with Gasteiger partial charge in [-0.25, -0.2) is 0 Å². The van der Waals surface area contributed by atoms with Crippen LogP contribution in [0.2, 0.25) is 0 Å². The van der Waals surface area contributed by atoms with E-state index in [-0.39, 0.29) is 17.2 Å². The topological polar surface area (TPSA) is 76.8 Å². The first-order valence-electron chi connectivity index (χ1n) is 6.62. The van der Waals surface area contributed by atoms with Crippen LogP contribution in [-0.2, 0) is 9.53 Å². The molecule has 1 aliphatic rings. The maximum absolute atomic E-state index is 12.3. The molecule has 6 heteroatoms. The monoisotopic (exact) mass is 287 g/mol. The zero-order valence-corrected chi connectivity index (χ0v) is 11.8. The van der Waals surface area contributed by atoms with Crippen LogP contribution in [0.25, 0.3) is 0 Å². The van der Waals surface area contributed by atoms with Crippen molar-refractivity contribution in [3.8, 4) is 11.8 Å². The zero-order valence-electron chi connectivity index (χ0n) is 11.8. The van der Waals surface area contributed by atoms with E-state index in [0.717, 1.165) is 5.69 Å². The summed E-state index contributed by atoms with van der Waals surface area (Å²) in [5, 5.41) is 18.5. The number of rotatable bonds is 3. The van der Waals surface area contributed by atoms with Crippen LogP contribution >= 0.6 is 0 Å². The number of morpholine rings is 1. The minimum atomic E-state index is -0.286. The fourth-order valence-electron chi connectivity index (χ4n) is 2.02. The molecule has 110 valence electrons. The van der Waals surface area contributed by atoms with Crippen LogP contribution in [0.3, 0.4) is 0 Å². The fraction of sp³-hybridized carbons (Fsp3) is 0.333. The van der Waals surface area contributed by atoms with Crippen LogP contribution in [0.5, 0.6) is 5.75 Å². The van der Waals surface area contributed by atoms with Gasteiger partial charge in [-0.2, -0.15) is 5.26 Å². The molecule has 1 N–H and O–H groups in total. The number of aromatic hydroxyl groups is 1. The number of phenolic OH excluding ortho intramolecular Hbond substituents is 1. The Morgan fingerprint density at radius 2 is 2.00 bits per heavy atom. The third-order valence-corrected chi connectivity index (χ3v) is 3.23. The third-order valence-electron chi connectivity index (χ3n) is 3.23. The van der Waals surface area contributed by atoms with E-state index in [4.69, 9.17) is 4.74 Å². The summed E-state index contributed by atoms with van der Waals surface area (Å²) in [6, 6.07) is 8.47. The summed E-state index contributed by atoms with van der Waals surface area (Å²) in [5.74, 6) is -0.118. The Balaban J connectivity index is 2.13. The molecule has 1 amide bonds. The lowest BCUT2D eigenvalue weighted by atomic mass is 10.2. The molecule has 0 aliphatic carbocycles. The van der Waals surface area contributed by atoms with Gasteiger partial charge in [0.05, 0.1) is 13.2 Å². The number of phenols is 1. The van der Waals surface area contributed by atoms with Gasteiger partial charge in [0, 0.05) is 32.0 Å². The van der Waals surface area contributed by atoms with Crippen molar-refractivity contribution >= 4 is 11.6 Å². The molecule has 6 nitrogen and oxygen atoms in total. The normalized spacial score (nSPS) is 15.4. The van der Waals surface area contributed by atoms with Crippen LogP contribution in [-0.4, -0.2) is 49.3 Å². The molecule has 0 spiro atoms. The van der Waals surface area contributed by atoms with E-state index in [2.05, 4.69) is 0 Å². The van der Waals surface area contributed by atoms with Crippen molar-refractivity contribution in [1.82, 2.24) is 4.90 Å². The molecule has 1 saturated heterocycles. The molecule has 21 heavy (non-hydrogen) atoms. The van der Waals surface area contributed by atoms with E-state index in [1.54, 1.807) is 41.1 Å². The summed E-state index contributed by atoms with van der Waals surface area (Å²) in [6.45, 7) is 2.00. The van der Waals surface area contributed by atoms with Gasteiger partial charge in [0.15, 0.2) is 0 Å². The van der Waals surface area contributed by atoms with Crippen molar-refractivity contribution in [3.63, 3.8) is 0 Å². The minimum absolute atomic E-state index is 0.0764. The van der Waals surface area contributed by atoms with Gasteiger partial charge in [-0.15, -0.1) is 0 Å². The zero-order chi connectivity index (χ0) is 15.2. The maximum Gasteiger partial charge on any atom is 0.266 e. The molecule has 1 aliphatic heterocycles. The summed E-state index contributed by atoms with van der Waals surface area (Å²) < 4.78 is 5.19. The fourth-order valence-corrected chi connectivity index (χ4v) is 2.02. The number of benzene rings is 1. The summed E-state index contributed by atoms with van der Waals surface area (Å²) in [7, 11) is 1.75. The Kier molecular flexibility index (Phi) is 4.80. The number of carbonyl (C=O) groups is 1. The average Bonchev–Trinajstić information content (AvgIpc) is 2.53. The highest BCUT2D eigenvalue weighted by Crippen LogP contribution is 2.18. The third kappa shape index (κ3) is 3.74. The van der Waals surface area contributed by atoms with Gasteiger partial charge in [-0.1, -0.05) is 0 Å². The van der Waals surface area contributed by atoms with Gasteiger partial charge >= 0.3 is 0 Å². The van der Waals surface area contributed by atoms with E-state index in [9.17, 15) is 15.2 Å². The Labute approximate surface area is 123 Å². The SMILES string of the molecule is CN(/C=C(/C#N)C(=O)N1CCOCC1)c1ccc(O)cc1.